The van der Waals surface area contributed by atoms with Crippen molar-refractivity contribution in [2.75, 3.05) is 19.6 Å². The van der Waals surface area contributed by atoms with Crippen LogP contribution in [-0.2, 0) is 17.8 Å². The molecule has 6 nitrogen and oxygen atoms in total. The molecule has 0 aliphatic carbocycles. The first-order valence-electron chi connectivity index (χ1n) is 10.6. The third kappa shape index (κ3) is 4.58. The standard InChI is InChI=1S/C23H30N4O2/c1-15-9-16(2)11-20(10-15)29-17(3)23(28)27-8-6-21-19(14-27)13-25-22(26-21)18-5-4-7-24-12-18/h9-11,13,17-18,24H,4-8,12,14H2,1-3H3/t17-,18-/m1/s1. The molecule has 0 saturated carbocycles. The van der Waals surface area contributed by atoms with Gasteiger partial charge in [0.15, 0.2) is 6.10 Å². The van der Waals surface area contributed by atoms with E-state index in [9.17, 15) is 4.79 Å². The minimum atomic E-state index is -0.522. The van der Waals surface area contributed by atoms with E-state index in [-0.39, 0.29) is 5.91 Å². The van der Waals surface area contributed by atoms with Crippen molar-refractivity contribution in [1.29, 1.82) is 0 Å². The Bertz CT molecular complexity index is 872. The number of rotatable bonds is 4. The summed E-state index contributed by atoms with van der Waals surface area (Å²) >= 11 is 0. The molecule has 2 aliphatic heterocycles. The molecule has 29 heavy (non-hydrogen) atoms. The zero-order valence-corrected chi connectivity index (χ0v) is 17.6. The summed E-state index contributed by atoms with van der Waals surface area (Å²) in [5.74, 6) is 2.10. The number of amides is 1. The molecule has 1 aromatic carbocycles. The van der Waals surface area contributed by atoms with E-state index in [1.165, 1.54) is 6.42 Å². The molecule has 3 heterocycles. The molecule has 1 aromatic heterocycles. The van der Waals surface area contributed by atoms with Crippen LogP contribution in [0.2, 0.25) is 0 Å². The summed E-state index contributed by atoms with van der Waals surface area (Å²) in [7, 11) is 0. The predicted molar refractivity (Wildman–Crippen MR) is 112 cm³/mol. The minimum absolute atomic E-state index is 0.00960. The average Bonchev–Trinajstić information content (AvgIpc) is 2.72. The Kier molecular flexibility index (Phi) is 5.81. The Morgan fingerprint density at radius 2 is 2.07 bits per heavy atom. The molecule has 154 valence electrons. The Labute approximate surface area is 172 Å². The lowest BCUT2D eigenvalue weighted by Crippen LogP contribution is -2.43. The maximum Gasteiger partial charge on any atom is 0.263 e. The van der Waals surface area contributed by atoms with Gasteiger partial charge in [-0.15, -0.1) is 0 Å². The maximum atomic E-state index is 12.9. The van der Waals surface area contributed by atoms with Crippen LogP contribution in [-0.4, -0.2) is 46.5 Å². The number of ether oxygens (including phenoxy) is 1. The number of nitrogens with zero attached hydrogens (tertiary/aromatic N) is 3. The molecule has 4 rings (SSSR count). The van der Waals surface area contributed by atoms with Crippen molar-refractivity contribution >= 4 is 5.91 Å². The van der Waals surface area contributed by atoms with Gasteiger partial charge in [0, 0.05) is 43.7 Å². The highest BCUT2D eigenvalue weighted by Gasteiger charge is 2.28. The number of nitrogens with one attached hydrogen (secondary N) is 1. The minimum Gasteiger partial charge on any atom is -0.481 e. The highest BCUT2D eigenvalue weighted by atomic mass is 16.5. The van der Waals surface area contributed by atoms with Gasteiger partial charge in [0.05, 0.1) is 5.69 Å². The number of benzene rings is 1. The number of aryl methyl sites for hydroxylation is 2. The SMILES string of the molecule is Cc1cc(C)cc(O[C@H](C)C(=O)N2CCc3nc([C@@H]4CCCNC4)ncc3C2)c1. The van der Waals surface area contributed by atoms with Crippen LogP contribution in [0, 0.1) is 13.8 Å². The second kappa shape index (κ2) is 8.49. The number of carbonyl (C=O) groups is 1. The van der Waals surface area contributed by atoms with Crippen molar-refractivity contribution < 1.29 is 9.53 Å². The smallest absolute Gasteiger partial charge is 0.263 e. The van der Waals surface area contributed by atoms with Crippen molar-refractivity contribution in [1.82, 2.24) is 20.2 Å². The maximum absolute atomic E-state index is 12.9. The van der Waals surface area contributed by atoms with Crippen molar-refractivity contribution in [2.24, 2.45) is 0 Å². The molecule has 2 atom stereocenters. The number of hydrogen-bond donors (Lipinski definition) is 1. The molecule has 0 radical (unpaired) electrons. The normalized spacial score (nSPS) is 20.1. The number of piperidine rings is 1. The van der Waals surface area contributed by atoms with Gasteiger partial charge >= 0.3 is 0 Å². The number of aromatic nitrogens is 2. The third-order valence-electron chi connectivity index (χ3n) is 5.78. The summed E-state index contributed by atoms with van der Waals surface area (Å²) in [5, 5.41) is 3.43. The van der Waals surface area contributed by atoms with Gasteiger partial charge in [-0.05, 0) is 63.4 Å². The lowest BCUT2D eigenvalue weighted by Gasteiger charge is -2.31. The van der Waals surface area contributed by atoms with Crippen molar-refractivity contribution in [3.63, 3.8) is 0 Å². The fraction of sp³-hybridized carbons (Fsp3) is 0.522. The monoisotopic (exact) mass is 394 g/mol. The fourth-order valence-electron chi connectivity index (χ4n) is 4.30. The summed E-state index contributed by atoms with van der Waals surface area (Å²) in [6.07, 6.45) is 4.48. The van der Waals surface area contributed by atoms with Gasteiger partial charge < -0.3 is 15.0 Å². The average molecular weight is 395 g/mol. The zero-order valence-electron chi connectivity index (χ0n) is 17.6. The van der Waals surface area contributed by atoms with E-state index >= 15 is 0 Å². The molecule has 0 unspecified atom stereocenters. The quantitative estimate of drug-likeness (QED) is 0.864. The van der Waals surface area contributed by atoms with Gasteiger partial charge in [0.2, 0.25) is 0 Å². The van der Waals surface area contributed by atoms with E-state index in [2.05, 4.69) is 16.4 Å². The molecular weight excluding hydrogens is 364 g/mol. The first-order valence-corrected chi connectivity index (χ1v) is 10.6. The molecule has 2 aliphatic rings. The van der Waals surface area contributed by atoms with Crippen LogP contribution >= 0.6 is 0 Å². The first kappa shape index (κ1) is 19.8. The molecule has 1 fully saturated rings. The largest absolute Gasteiger partial charge is 0.481 e. The van der Waals surface area contributed by atoms with E-state index in [1.807, 2.05) is 44.0 Å². The van der Waals surface area contributed by atoms with Crippen LogP contribution in [0.3, 0.4) is 0 Å². The van der Waals surface area contributed by atoms with E-state index in [0.29, 0.717) is 19.0 Å². The van der Waals surface area contributed by atoms with Crippen LogP contribution in [0.25, 0.3) is 0 Å². The molecule has 0 bridgehead atoms. The van der Waals surface area contributed by atoms with Gasteiger partial charge in [-0.2, -0.15) is 0 Å². The molecule has 2 aromatic rings. The van der Waals surface area contributed by atoms with Crippen molar-refractivity contribution in [3.05, 3.63) is 52.6 Å². The highest BCUT2D eigenvalue weighted by Crippen LogP contribution is 2.24. The van der Waals surface area contributed by atoms with E-state index in [4.69, 9.17) is 9.72 Å². The lowest BCUT2D eigenvalue weighted by molar-refractivity contribution is -0.138. The second-order valence-electron chi connectivity index (χ2n) is 8.34. The second-order valence-corrected chi connectivity index (χ2v) is 8.34. The van der Waals surface area contributed by atoms with Gasteiger partial charge in [-0.1, -0.05) is 6.07 Å². The van der Waals surface area contributed by atoms with Crippen LogP contribution in [0.15, 0.2) is 24.4 Å². The zero-order chi connectivity index (χ0) is 20.4. The van der Waals surface area contributed by atoms with Crippen LogP contribution < -0.4 is 10.1 Å². The Balaban J connectivity index is 1.41. The van der Waals surface area contributed by atoms with Crippen LogP contribution in [0.4, 0.5) is 0 Å². The molecule has 1 amide bonds. The van der Waals surface area contributed by atoms with Crippen LogP contribution in [0.1, 0.15) is 53.9 Å². The van der Waals surface area contributed by atoms with Gasteiger partial charge in [-0.3, -0.25) is 4.79 Å². The third-order valence-corrected chi connectivity index (χ3v) is 5.78. The summed E-state index contributed by atoms with van der Waals surface area (Å²) in [4.78, 5) is 24.3. The molecular formula is C23H30N4O2. The van der Waals surface area contributed by atoms with E-state index in [0.717, 1.165) is 59.9 Å². The van der Waals surface area contributed by atoms with E-state index < -0.39 is 6.10 Å². The van der Waals surface area contributed by atoms with Crippen LogP contribution in [0.5, 0.6) is 5.75 Å². The summed E-state index contributed by atoms with van der Waals surface area (Å²) in [5.41, 5.74) is 4.41. The molecule has 0 spiro atoms. The molecule has 1 saturated heterocycles. The number of hydrogen-bond acceptors (Lipinski definition) is 5. The first-order chi connectivity index (χ1) is 14.0. The van der Waals surface area contributed by atoms with Crippen molar-refractivity contribution in [3.8, 4) is 5.75 Å². The summed E-state index contributed by atoms with van der Waals surface area (Å²) in [6, 6.07) is 6.04. The Morgan fingerprint density at radius 1 is 1.28 bits per heavy atom. The van der Waals surface area contributed by atoms with Gasteiger partial charge in [0.1, 0.15) is 11.6 Å². The topological polar surface area (TPSA) is 67.3 Å². The van der Waals surface area contributed by atoms with Crippen molar-refractivity contribution in [2.45, 2.75) is 58.6 Å². The molecule has 6 heteroatoms. The van der Waals surface area contributed by atoms with Gasteiger partial charge in [-0.25, -0.2) is 9.97 Å². The Morgan fingerprint density at radius 3 is 2.79 bits per heavy atom. The highest BCUT2D eigenvalue weighted by molar-refractivity contribution is 5.81. The van der Waals surface area contributed by atoms with E-state index in [1.54, 1.807) is 0 Å². The summed E-state index contributed by atoms with van der Waals surface area (Å²) < 4.78 is 5.95. The van der Waals surface area contributed by atoms with Gasteiger partial charge in [0.25, 0.3) is 5.91 Å². The lowest BCUT2D eigenvalue weighted by atomic mass is 9.98. The fourth-order valence-corrected chi connectivity index (χ4v) is 4.30. The summed E-state index contributed by atoms with van der Waals surface area (Å²) in [6.45, 7) is 9.16. The number of carbonyl (C=O) groups excluding carboxylic acids is 1. The number of fused-ring (bicyclic) bond motifs is 1. The predicted octanol–water partition coefficient (Wildman–Crippen LogP) is 2.91. The Hall–Kier alpha value is -2.47. The molecule has 1 N–H and O–H groups in total.